The molecule has 0 spiro atoms. The van der Waals surface area contributed by atoms with E-state index in [0.717, 1.165) is 0 Å². The molecule has 0 aromatic rings. The number of aliphatic hydroxyl groups is 1. The van der Waals surface area contributed by atoms with Crippen molar-refractivity contribution in [2.75, 3.05) is 25.2 Å². The van der Waals surface area contributed by atoms with E-state index in [0.29, 0.717) is 19.4 Å². The minimum absolute atomic E-state index is 0.0188. The predicted molar refractivity (Wildman–Crippen MR) is 62.4 cm³/mol. The molecule has 0 heterocycles. The fourth-order valence-corrected chi connectivity index (χ4v) is 2.31. The van der Waals surface area contributed by atoms with Crippen LogP contribution in [0.4, 0.5) is 0 Å². The molecule has 0 amide bonds. The first-order chi connectivity index (χ1) is 6.77. The van der Waals surface area contributed by atoms with Crippen LogP contribution < -0.4 is 5.73 Å². The van der Waals surface area contributed by atoms with Crippen molar-refractivity contribution in [1.29, 1.82) is 0 Å². The average molecular weight is 237 g/mol. The molecule has 0 aliphatic carbocycles. The lowest BCUT2D eigenvalue weighted by atomic mass is 9.74. The van der Waals surface area contributed by atoms with Crippen molar-refractivity contribution in [2.24, 2.45) is 17.1 Å². The molecule has 0 aliphatic rings. The number of hydrogen-bond donors (Lipinski definition) is 2. The predicted octanol–water partition coefficient (Wildman–Crippen LogP) is 0.405. The van der Waals surface area contributed by atoms with Crippen molar-refractivity contribution < 1.29 is 13.5 Å². The van der Waals surface area contributed by atoms with Gasteiger partial charge in [-0.1, -0.05) is 13.8 Å². The Labute approximate surface area is 92.8 Å². The summed E-state index contributed by atoms with van der Waals surface area (Å²) >= 11 is 0. The van der Waals surface area contributed by atoms with Crippen molar-refractivity contribution in [3.63, 3.8) is 0 Å². The summed E-state index contributed by atoms with van der Waals surface area (Å²) in [5.74, 6) is 0.425. The van der Waals surface area contributed by atoms with Gasteiger partial charge in [0.15, 0.2) is 0 Å². The summed E-state index contributed by atoms with van der Waals surface area (Å²) in [5, 5.41) is 9.35. The SMILES string of the molecule is CC(C)C(CN)(CO)CCCS(C)(=O)=O. The minimum atomic E-state index is -2.91. The van der Waals surface area contributed by atoms with E-state index in [-0.39, 0.29) is 23.7 Å². The van der Waals surface area contributed by atoms with Crippen molar-refractivity contribution in [3.05, 3.63) is 0 Å². The third-order valence-electron chi connectivity index (χ3n) is 3.14. The summed E-state index contributed by atoms with van der Waals surface area (Å²) in [6.07, 6.45) is 2.45. The van der Waals surface area contributed by atoms with Gasteiger partial charge in [0.1, 0.15) is 9.84 Å². The minimum Gasteiger partial charge on any atom is -0.396 e. The van der Waals surface area contributed by atoms with Gasteiger partial charge in [0, 0.05) is 24.0 Å². The summed E-state index contributed by atoms with van der Waals surface area (Å²) in [4.78, 5) is 0. The lowest BCUT2D eigenvalue weighted by Gasteiger charge is -2.34. The van der Waals surface area contributed by atoms with Crippen LogP contribution in [0.1, 0.15) is 26.7 Å². The Hall–Kier alpha value is -0.130. The highest BCUT2D eigenvalue weighted by Crippen LogP contribution is 2.31. The molecule has 1 atom stereocenters. The van der Waals surface area contributed by atoms with Gasteiger partial charge in [-0.2, -0.15) is 0 Å². The van der Waals surface area contributed by atoms with Crippen LogP contribution in [-0.4, -0.2) is 38.7 Å². The summed E-state index contributed by atoms with van der Waals surface area (Å²) in [7, 11) is -2.91. The van der Waals surface area contributed by atoms with Crippen LogP contribution >= 0.6 is 0 Å². The highest BCUT2D eigenvalue weighted by molar-refractivity contribution is 7.90. The number of hydrogen-bond acceptors (Lipinski definition) is 4. The molecular weight excluding hydrogens is 214 g/mol. The van der Waals surface area contributed by atoms with E-state index in [1.54, 1.807) is 0 Å². The van der Waals surface area contributed by atoms with Gasteiger partial charge in [-0.25, -0.2) is 8.42 Å². The van der Waals surface area contributed by atoms with E-state index in [4.69, 9.17) is 5.73 Å². The molecule has 0 radical (unpaired) electrons. The number of aliphatic hydroxyl groups excluding tert-OH is 1. The number of rotatable bonds is 7. The van der Waals surface area contributed by atoms with Crippen molar-refractivity contribution in [2.45, 2.75) is 26.7 Å². The monoisotopic (exact) mass is 237 g/mol. The van der Waals surface area contributed by atoms with Gasteiger partial charge < -0.3 is 10.8 Å². The Morgan fingerprint density at radius 1 is 1.40 bits per heavy atom. The molecule has 0 saturated carbocycles. The standard InChI is InChI=1S/C10H23NO3S/c1-9(2)10(7-11,8-12)5-4-6-15(3,13)14/h9,12H,4-8,11H2,1-3H3. The summed E-state index contributed by atoms with van der Waals surface area (Å²) in [6.45, 7) is 4.42. The Morgan fingerprint density at radius 3 is 2.20 bits per heavy atom. The van der Waals surface area contributed by atoms with E-state index in [9.17, 15) is 13.5 Å². The topological polar surface area (TPSA) is 80.4 Å². The Morgan fingerprint density at radius 2 is 1.93 bits per heavy atom. The largest absolute Gasteiger partial charge is 0.396 e. The molecule has 0 aliphatic heterocycles. The summed E-state index contributed by atoms with van der Waals surface area (Å²) < 4.78 is 21.9. The van der Waals surface area contributed by atoms with E-state index in [2.05, 4.69) is 0 Å². The average Bonchev–Trinajstić information content (AvgIpc) is 2.10. The van der Waals surface area contributed by atoms with Gasteiger partial charge in [-0.05, 0) is 18.8 Å². The van der Waals surface area contributed by atoms with E-state index in [1.165, 1.54) is 6.26 Å². The first kappa shape index (κ1) is 14.9. The second kappa shape index (κ2) is 5.82. The van der Waals surface area contributed by atoms with E-state index in [1.807, 2.05) is 13.8 Å². The smallest absolute Gasteiger partial charge is 0.147 e. The fourth-order valence-electron chi connectivity index (χ4n) is 1.64. The quantitative estimate of drug-likeness (QED) is 0.672. The molecule has 0 aromatic carbocycles. The Balaban J connectivity index is 4.31. The van der Waals surface area contributed by atoms with E-state index >= 15 is 0 Å². The second-order valence-corrected chi connectivity index (χ2v) is 6.87. The number of nitrogens with two attached hydrogens (primary N) is 1. The summed E-state index contributed by atoms with van der Waals surface area (Å²) in [6, 6.07) is 0. The molecule has 15 heavy (non-hydrogen) atoms. The highest BCUT2D eigenvalue weighted by Gasteiger charge is 2.31. The van der Waals surface area contributed by atoms with E-state index < -0.39 is 9.84 Å². The molecule has 0 aromatic heterocycles. The molecule has 5 heteroatoms. The van der Waals surface area contributed by atoms with Crippen LogP contribution in [0.2, 0.25) is 0 Å². The van der Waals surface area contributed by atoms with Gasteiger partial charge in [0.2, 0.25) is 0 Å². The third-order valence-corrected chi connectivity index (χ3v) is 4.17. The second-order valence-electron chi connectivity index (χ2n) is 4.61. The molecule has 1 unspecified atom stereocenters. The number of sulfone groups is 1. The van der Waals surface area contributed by atoms with Crippen LogP contribution in [0.3, 0.4) is 0 Å². The lowest BCUT2D eigenvalue weighted by molar-refractivity contribution is 0.0745. The molecule has 3 N–H and O–H groups in total. The normalized spacial score (nSPS) is 16.7. The maximum atomic E-state index is 11.0. The zero-order valence-corrected chi connectivity index (χ0v) is 10.7. The third kappa shape index (κ3) is 4.95. The van der Waals surface area contributed by atoms with Crippen LogP contribution in [0.5, 0.6) is 0 Å². The molecule has 0 saturated heterocycles. The Kier molecular flexibility index (Phi) is 5.77. The van der Waals surface area contributed by atoms with Gasteiger partial charge in [0.25, 0.3) is 0 Å². The molecule has 4 nitrogen and oxygen atoms in total. The fraction of sp³-hybridized carbons (Fsp3) is 1.00. The molecule has 0 fully saturated rings. The molecular formula is C10H23NO3S. The van der Waals surface area contributed by atoms with Gasteiger partial charge in [-0.3, -0.25) is 0 Å². The molecule has 92 valence electrons. The molecule has 0 rings (SSSR count). The first-order valence-electron chi connectivity index (χ1n) is 5.26. The van der Waals surface area contributed by atoms with Gasteiger partial charge >= 0.3 is 0 Å². The maximum Gasteiger partial charge on any atom is 0.147 e. The van der Waals surface area contributed by atoms with Crippen LogP contribution in [0.15, 0.2) is 0 Å². The zero-order valence-electron chi connectivity index (χ0n) is 9.86. The Bertz CT molecular complexity index is 268. The zero-order chi connectivity index (χ0) is 12.1. The van der Waals surface area contributed by atoms with Crippen molar-refractivity contribution in [1.82, 2.24) is 0 Å². The van der Waals surface area contributed by atoms with Crippen molar-refractivity contribution in [3.8, 4) is 0 Å². The van der Waals surface area contributed by atoms with Crippen LogP contribution in [0.25, 0.3) is 0 Å². The van der Waals surface area contributed by atoms with Crippen LogP contribution in [0, 0.1) is 11.3 Å². The highest BCUT2D eigenvalue weighted by atomic mass is 32.2. The van der Waals surface area contributed by atoms with Gasteiger partial charge in [-0.15, -0.1) is 0 Å². The maximum absolute atomic E-state index is 11.0. The summed E-state index contributed by atoms with van der Waals surface area (Å²) in [5.41, 5.74) is 5.33. The molecule has 0 bridgehead atoms. The first-order valence-corrected chi connectivity index (χ1v) is 7.32. The van der Waals surface area contributed by atoms with Crippen molar-refractivity contribution >= 4 is 9.84 Å². The van der Waals surface area contributed by atoms with Gasteiger partial charge in [0.05, 0.1) is 6.61 Å². The van der Waals surface area contributed by atoms with Crippen LogP contribution in [-0.2, 0) is 9.84 Å². The lowest BCUT2D eigenvalue weighted by Crippen LogP contribution is -2.39.